The van der Waals surface area contributed by atoms with Crippen molar-refractivity contribution in [3.8, 4) is 0 Å². The van der Waals surface area contributed by atoms with E-state index >= 15 is 0 Å². The van der Waals surface area contributed by atoms with Crippen molar-refractivity contribution in [1.82, 2.24) is 0 Å². The van der Waals surface area contributed by atoms with E-state index in [2.05, 4.69) is 71.0 Å². The smallest absolute Gasteiger partial charge is 0.00653 e. The van der Waals surface area contributed by atoms with Gasteiger partial charge in [0.1, 0.15) is 0 Å². The predicted molar refractivity (Wildman–Crippen MR) is 89.8 cm³/mol. The Hall–Kier alpha value is -1.82. The van der Waals surface area contributed by atoms with Crippen molar-refractivity contribution < 1.29 is 0 Å². The zero-order valence-corrected chi connectivity index (χ0v) is 13.0. The van der Waals surface area contributed by atoms with Gasteiger partial charge in [0.25, 0.3) is 0 Å². The molecule has 0 heterocycles. The van der Waals surface area contributed by atoms with Crippen LogP contribution in [0.15, 0.2) is 36.4 Å². The van der Waals surface area contributed by atoms with Crippen molar-refractivity contribution in [1.29, 1.82) is 0 Å². The highest BCUT2D eigenvalue weighted by molar-refractivity contribution is 6.12. The highest BCUT2D eigenvalue weighted by Crippen LogP contribution is 2.36. The minimum absolute atomic E-state index is 0.545. The average molecular weight is 262 g/mol. The Morgan fingerprint density at radius 2 is 1.10 bits per heavy atom. The van der Waals surface area contributed by atoms with Gasteiger partial charge in [-0.05, 0) is 70.5 Å². The van der Waals surface area contributed by atoms with Gasteiger partial charge < -0.3 is 0 Å². The fourth-order valence-corrected chi connectivity index (χ4v) is 3.26. The summed E-state index contributed by atoms with van der Waals surface area (Å²) >= 11 is 0. The van der Waals surface area contributed by atoms with E-state index in [-0.39, 0.29) is 0 Å². The van der Waals surface area contributed by atoms with Crippen LogP contribution in [0.4, 0.5) is 0 Å². The lowest BCUT2D eigenvalue weighted by Crippen LogP contribution is -1.94. The lowest BCUT2D eigenvalue weighted by atomic mass is 9.87. The summed E-state index contributed by atoms with van der Waals surface area (Å²) in [5.74, 6) is 0.545. The van der Waals surface area contributed by atoms with E-state index in [4.69, 9.17) is 0 Å². The number of hydrogen-bond donors (Lipinski definition) is 0. The standard InChI is InChI=1S/C20H22/c1-12(2)16-9-8-14(4)18-11-10-17-13(3)6-7-15(5)19(17)20(16)18/h6-12H,1-5H3. The largest absolute Gasteiger partial charge is 0.0587 e. The molecule has 0 amide bonds. The molecule has 0 aliphatic heterocycles. The van der Waals surface area contributed by atoms with E-state index in [1.165, 1.54) is 43.8 Å². The van der Waals surface area contributed by atoms with Gasteiger partial charge in [-0.15, -0.1) is 0 Å². The molecule has 3 aromatic carbocycles. The van der Waals surface area contributed by atoms with Gasteiger partial charge in [0.15, 0.2) is 0 Å². The van der Waals surface area contributed by atoms with Crippen LogP contribution in [-0.2, 0) is 0 Å². The van der Waals surface area contributed by atoms with Gasteiger partial charge in [0.2, 0.25) is 0 Å². The third-order valence-corrected chi connectivity index (χ3v) is 4.46. The van der Waals surface area contributed by atoms with Crippen molar-refractivity contribution in [2.45, 2.75) is 40.5 Å². The molecule has 0 nitrogen and oxygen atoms in total. The lowest BCUT2D eigenvalue weighted by molar-refractivity contribution is 0.876. The van der Waals surface area contributed by atoms with Crippen LogP contribution in [-0.4, -0.2) is 0 Å². The van der Waals surface area contributed by atoms with E-state index < -0.39 is 0 Å². The van der Waals surface area contributed by atoms with Gasteiger partial charge >= 0.3 is 0 Å². The van der Waals surface area contributed by atoms with Gasteiger partial charge in [-0.2, -0.15) is 0 Å². The van der Waals surface area contributed by atoms with Crippen LogP contribution in [0.5, 0.6) is 0 Å². The fourth-order valence-electron chi connectivity index (χ4n) is 3.26. The third-order valence-electron chi connectivity index (χ3n) is 4.46. The zero-order valence-electron chi connectivity index (χ0n) is 13.0. The summed E-state index contributed by atoms with van der Waals surface area (Å²) in [7, 11) is 0. The molecule has 0 heteroatoms. The quantitative estimate of drug-likeness (QED) is 0.469. The van der Waals surface area contributed by atoms with E-state index in [0.29, 0.717) is 5.92 Å². The van der Waals surface area contributed by atoms with Gasteiger partial charge in [-0.1, -0.05) is 50.2 Å². The maximum atomic E-state index is 2.31. The number of hydrogen-bond acceptors (Lipinski definition) is 0. The molecule has 0 spiro atoms. The number of aryl methyl sites for hydroxylation is 3. The first-order valence-corrected chi connectivity index (χ1v) is 7.43. The van der Waals surface area contributed by atoms with Gasteiger partial charge in [-0.25, -0.2) is 0 Å². The molecule has 0 aliphatic carbocycles. The highest BCUT2D eigenvalue weighted by atomic mass is 14.2. The van der Waals surface area contributed by atoms with Crippen molar-refractivity contribution in [3.05, 3.63) is 58.7 Å². The van der Waals surface area contributed by atoms with E-state index in [1.807, 2.05) is 0 Å². The predicted octanol–water partition coefficient (Wildman–Crippen LogP) is 6.04. The summed E-state index contributed by atoms with van der Waals surface area (Å²) in [6.45, 7) is 11.2. The third kappa shape index (κ3) is 1.83. The monoisotopic (exact) mass is 262 g/mol. The van der Waals surface area contributed by atoms with Crippen LogP contribution in [0.25, 0.3) is 21.5 Å². The van der Waals surface area contributed by atoms with E-state index in [1.54, 1.807) is 0 Å². The van der Waals surface area contributed by atoms with Crippen LogP contribution in [0.1, 0.15) is 42.0 Å². The van der Waals surface area contributed by atoms with Crippen LogP contribution in [0.2, 0.25) is 0 Å². The van der Waals surface area contributed by atoms with Crippen molar-refractivity contribution in [2.24, 2.45) is 0 Å². The van der Waals surface area contributed by atoms with Crippen molar-refractivity contribution in [2.75, 3.05) is 0 Å². The van der Waals surface area contributed by atoms with Gasteiger partial charge in [0.05, 0.1) is 0 Å². The first kappa shape index (κ1) is 13.2. The Labute approximate surface area is 121 Å². The summed E-state index contributed by atoms with van der Waals surface area (Å²) < 4.78 is 0. The Kier molecular flexibility index (Phi) is 3.05. The molecule has 102 valence electrons. The van der Waals surface area contributed by atoms with E-state index in [0.717, 1.165) is 0 Å². The highest BCUT2D eigenvalue weighted by Gasteiger charge is 2.12. The van der Waals surface area contributed by atoms with Gasteiger partial charge in [-0.3, -0.25) is 0 Å². The van der Waals surface area contributed by atoms with E-state index in [9.17, 15) is 0 Å². The normalized spacial score (nSPS) is 11.7. The molecule has 20 heavy (non-hydrogen) atoms. The first-order chi connectivity index (χ1) is 9.50. The summed E-state index contributed by atoms with van der Waals surface area (Å²) in [4.78, 5) is 0. The topological polar surface area (TPSA) is 0 Å². The molecule has 0 fully saturated rings. The van der Waals surface area contributed by atoms with Gasteiger partial charge in [0, 0.05) is 0 Å². The Bertz CT molecular complexity index is 807. The number of fused-ring (bicyclic) bond motifs is 3. The average Bonchev–Trinajstić information content (AvgIpc) is 2.42. The summed E-state index contributed by atoms with van der Waals surface area (Å²) in [6.07, 6.45) is 0. The van der Waals surface area contributed by atoms with Crippen molar-refractivity contribution >= 4 is 21.5 Å². The molecule has 0 aliphatic rings. The summed E-state index contributed by atoms with van der Waals surface area (Å²) in [5.41, 5.74) is 5.57. The SMILES string of the molecule is Cc1ccc(C)c2c1ccc1c(C)ccc(C(C)C)c12. The molecule has 0 bridgehead atoms. The molecule has 0 unspecified atom stereocenters. The molecule has 0 saturated carbocycles. The van der Waals surface area contributed by atoms with Crippen LogP contribution in [0, 0.1) is 20.8 Å². The minimum Gasteiger partial charge on any atom is -0.0587 e. The first-order valence-electron chi connectivity index (χ1n) is 7.43. The zero-order chi connectivity index (χ0) is 14.4. The maximum Gasteiger partial charge on any atom is -0.00653 e. The molecule has 3 rings (SSSR count). The second kappa shape index (κ2) is 4.63. The molecule has 0 saturated heterocycles. The molecule has 0 atom stereocenters. The Morgan fingerprint density at radius 1 is 0.600 bits per heavy atom. The Morgan fingerprint density at radius 3 is 1.70 bits per heavy atom. The molecular formula is C20H22. The second-order valence-electron chi connectivity index (χ2n) is 6.24. The van der Waals surface area contributed by atoms with Crippen LogP contribution >= 0.6 is 0 Å². The lowest BCUT2D eigenvalue weighted by Gasteiger charge is -2.17. The second-order valence-corrected chi connectivity index (χ2v) is 6.24. The molecular weight excluding hydrogens is 240 g/mol. The summed E-state index contributed by atoms with van der Waals surface area (Å²) in [5, 5.41) is 5.69. The minimum atomic E-state index is 0.545. The maximum absolute atomic E-state index is 2.31. The molecule has 0 radical (unpaired) electrons. The number of rotatable bonds is 1. The molecule has 0 aromatic heterocycles. The molecule has 0 N–H and O–H groups in total. The molecule has 3 aromatic rings. The van der Waals surface area contributed by atoms with Crippen LogP contribution < -0.4 is 0 Å². The van der Waals surface area contributed by atoms with Crippen molar-refractivity contribution in [3.63, 3.8) is 0 Å². The Balaban J connectivity index is 2.65. The fraction of sp³-hybridized carbons (Fsp3) is 0.300. The van der Waals surface area contributed by atoms with Crippen LogP contribution in [0.3, 0.4) is 0 Å². The number of benzene rings is 3. The summed E-state index contributed by atoms with van der Waals surface area (Å²) in [6, 6.07) is 13.6.